The normalized spacial score (nSPS) is 18.0. The maximum absolute atomic E-state index is 13.5. The molecule has 2 aliphatic heterocycles. The minimum atomic E-state index is -0.863. The number of phenolic OH excluding ortho intramolecular Hbond substituents is 1. The van der Waals surface area contributed by atoms with Crippen LogP contribution in [-0.4, -0.2) is 26.9 Å². The van der Waals surface area contributed by atoms with Gasteiger partial charge in [-0.3, -0.25) is 9.36 Å². The number of oxime groups is 1. The monoisotopic (exact) mass is 397 g/mol. The van der Waals surface area contributed by atoms with Crippen molar-refractivity contribution in [2.75, 3.05) is 6.54 Å². The number of nitrogens with zero attached hydrogens (tertiary/aromatic N) is 4. The standard InChI is InChI=1S/C20H20FN5O3/c1-2-19-24-16-9-23-4-3-13(16)20(28)26(19)10-12-6-18(29-25-12)14-7-17(27)15(21)5-11(14)8-22/h5,7,18,23,27H,2-4,6,9-10H2,1H3. The van der Waals surface area contributed by atoms with Gasteiger partial charge in [0.15, 0.2) is 17.7 Å². The number of nitriles is 1. The predicted molar refractivity (Wildman–Crippen MR) is 102 cm³/mol. The molecule has 0 aliphatic carbocycles. The van der Waals surface area contributed by atoms with Crippen molar-refractivity contribution in [2.24, 2.45) is 5.16 Å². The van der Waals surface area contributed by atoms with Gasteiger partial charge in [-0.1, -0.05) is 12.1 Å². The first-order valence-corrected chi connectivity index (χ1v) is 9.48. The molecule has 1 aromatic carbocycles. The van der Waals surface area contributed by atoms with Gasteiger partial charge in [-0.15, -0.1) is 0 Å². The van der Waals surface area contributed by atoms with Gasteiger partial charge in [0, 0.05) is 30.5 Å². The largest absolute Gasteiger partial charge is 0.505 e. The highest BCUT2D eigenvalue weighted by atomic mass is 19.1. The molecule has 1 unspecified atom stereocenters. The molecule has 1 atom stereocenters. The molecule has 0 saturated heterocycles. The van der Waals surface area contributed by atoms with E-state index in [2.05, 4.69) is 15.5 Å². The molecule has 9 heteroatoms. The minimum absolute atomic E-state index is 0.0587. The first-order chi connectivity index (χ1) is 14.0. The van der Waals surface area contributed by atoms with Gasteiger partial charge >= 0.3 is 0 Å². The van der Waals surface area contributed by atoms with E-state index in [0.717, 1.165) is 23.9 Å². The first kappa shape index (κ1) is 19.1. The van der Waals surface area contributed by atoms with E-state index in [1.165, 1.54) is 6.07 Å². The quantitative estimate of drug-likeness (QED) is 0.812. The average Bonchev–Trinajstić information content (AvgIpc) is 3.20. The molecule has 1 aromatic heterocycles. The molecular weight excluding hydrogens is 377 g/mol. The summed E-state index contributed by atoms with van der Waals surface area (Å²) in [5.74, 6) is -0.730. The SMILES string of the molecule is CCc1nc2c(c(=O)n1CC1=NOC(c3cc(O)c(F)cc3C#N)C1)CCNC2. The van der Waals surface area contributed by atoms with E-state index in [9.17, 15) is 19.6 Å². The molecule has 3 heterocycles. The van der Waals surface area contributed by atoms with Crippen LogP contribution in [0.2, 0.25) is 0 Å². The van der Waals surface area contributed by atoms with Gasteiger partial charge in [0.2, 0.25) is 0 Å². The second-order valence-corrected chi connectivity index (χ2v) is 7.08. The summed E-state index contributed by atoms with van der Waals surface area (Å²) in [6.07, 6.45) is 0.942. The number of phenols is 1. The van der Waals surface area contributed by atoms with Crippen molar-refractivity contribution in [1.82, 2.24) is 14.9 Å². The Kier molecular flexibility index (Phi) is 5.03. The fraction of sp³-hybridized carbons (Fsp3) is 0.400. The highest BCUT2D eigenvalue weighted by molar-refractivity contribution is 5.85. The van der Waals surface area contributed by atoms with E-state index >= 15 is 0 Å². The zero-order valence-electron chi connectivity index (χ0n) is 15.9. The molecule has 0 spiro atoms. The van der Waals surface area contributed by atoms with Gasteiger partial charge in [-0.05, 0) is 25.1 Å². The third-order valence-electron chi connectivity index (χ3n) is 5.24. The fourth-order valence-corrected chi connectivity index (χ4v) is 3.75. The lowest BCUT2D eigenvalue weighted by atomic mass is 9.98. The van der Waals surface area contributed by atoms with Crippen LogP contribution >= 0.6 is 0 Å². The Hall–Kier alpha value is -3.25. The van der Waals surface area contributed by atoms with Gasteiger partial charge < -0.3 is 15.3 Å². The molecule has 0 radical (unpaired) electrons. The van der Waals surface area contributed by atoms with Crippen LogP contribution in [0.1, 0.15) is 47.7 Å². The summed E-state index contributed by atoms with van der Waals surface area (Å²) in [5, 5.41) is 26.2. The van der Waals surface area contributed by atoms with Crippen LogP contribution in [0.5, 0.6) is 5.75 Å². The van der Waals surface area contributed by atoms with E-state index in [1.54, 1.807) is 4.57 Å². The van der Waals surface area contributed by atoms with Crippen molar-refractivity contribution < 1.29 is 14.3 Å². The van der Waals surface area contributed by atoms with Crippen molar-refractivity contribution in [1.29, 1.82) is 5.26 Å². The van der Waals surface area contributed by atoms with Crippen LogP contribution in [0.4, 0.5) is 4.39 Å². The average molecular weight is 397 g/mol. The number of aromatic nitrogens is 2. The third kappa shape index (κ3) is 3.47. The Bertz CT molecular complexity index is 1100. The number of hydrogen-bond acceptors (Lipinski definition) is 7. The lowest BCUT2D eigenvalue weighted by molar-refractivity contribution is 0.0852. The Morgan fingerprint density at radius 3 is 3.07 bits per heavy atom. The van der Waals surface area contributed by atoms with Crippen LogP contribution in [0.3, 0.4) is 0 Å². The van der Waals surface area contributed by atoms with Crippen LogP contribution in [0, 0.1) is 17.1 Å². The lowest BCUT2D eigenvalue weighted by Gasteiger charge is -2.20. The summed E-state index contributed by atoms with van der Waals surface area (Å²) in [5.41, 5.74) is 2.54. The third-order valence-corrected chi connectivity index (χ3v) is 5.24. The number of aromatic hydroxyl groups is 1. The number of nitrogens with one attached hydrogen (secondary N) is 1. The maximum atomic E-state index is 13.5. The molecule has 0 saturated carbocycles. The van der Waals surface area contributed by atoms with Crippen molar-refractivity contribution in [3.63, 3.8) is 0 Å². The molecule has 2 N–H and O–H groups in total. The van der Waals surface area contributed by atoms with Crippen LogP contribution < -0.4 is 10.9 Å². The second-order valence-electron chi connectivity index (χ2n) is 7.08. The lowest BCUT2D eigenvalue weighted by Crippen LogP contribution is -2.37. The van der Waals surface area contributed by atoms with Gasteiger partial charge in [0.1, 0.15) is 5.82 Å². The Balaban J connectivity index is 1.60. The molecule has 0 fully saturated rings. The molecule has 29 heavy (non-hydrogen) atoms. The van der Waals surface area contributed by atoms with Gasteiger partial charge in [0.25, 0.3) is 5.56 Å². The number of hydrogen-bond donors (Lipinski definition) is 2. The van der Waals surface area contributed by atoms with Crippen molar-refractivity contribution in [3.8, 4) is 11.8 Å². The Labute approximate surface area is 166 Å². The van der Waals surface area contributed by atoms with Crippen molar-refractivity contribution in [3.05, 3.63) is 56.5 Å². The van der Waals surface area contributed by atoms with Crippen LogP contribution in [0.25, 0.3) is 0 Å². The highest BCUT2D eigenvalue weighted by Gasteiger charge is 2.28. The van der Waals surface area contributed by atoms with E-state index in [-0.39, 0.29) is 17.7 Å². The molecule has 4 rings (SSSR count). The number of rotatable bonds is 4. The number of fused-ring (bicyclic) bond motifs is 1. The zero-order valence-corrected chi connectivity index (χ0v) is 15.9. The topological polar surface area (TPSA) is 113 Å². The van der Waals surface area contributed by atoms with Gasteiger partial charge in [-0.2, -0.15) is 5.26 Å². The molecule has 2 aliphatic rings. The molecule has 2 aromatic rings. The van der Waals surface area contributed by atoms with E-state index in [1.807, 2.05) is 13.0 Å². The van der Waals surface area contributed by atoms with Crippen molar-refractivity contribution >= 4 is 5.71 Å². The van der Waals surface area contributed by atoms with Crippen LogP contribution in [0.15, 0.2) is 22.1 Å². The summed E-state index contributed by atoms with van der Waals surface area (Å²) < 4.78 is 15.2. The summed E-state index contributed by atoms with van der Waals surface area (Å²) in [6, 6.07) is 4.08. The molecule has 0 bridgehead atoms. The zero-order chi connectivity index (χ0) is 20.5. The summed E-state index contributed by atoms with van der Waals surface area (Å²) >= 11 is 0. The Morgan fingerprint density at radius 1 is 1.48 bits per heavy atom. The van der Waals surface area contributed by atoms with Gasteiger partial charge in [0.05, 0.1) is 29.6 Å². The minimum Gasteiger partial charge on any atom is -0.505 e. The van der Waals surface area contributed by atoms with E-state index in [4.69, 9.17) is 4.84 Å². The smallest absolute Gasteiger partial charge is 0.257 e. The number of halogens is 1. The summed E-state index contributed by atoms with van der Waals surface area (Å²) in [7, 11) is 0. The molecular formula is C20H20FN5O3. The summed E-state index contributed by atoms with van der Waals surface area (Å²) in [4.78, 5) is 23.1. The summed E-state index contributed by atoms with van der Waals surface area (Å²) in [6.45, 7) is 3.51. The molecule has 150 valence electrons. The molecule has 8 nitrogen and oxygen atoms in total. The predicted octanol–water partition coefficient (Wildman–Crippen LogP) is 1.69. The Morgan fingerprint density at radius 2 is 2.31 bits per heavy atom. The van der Waals surface area contributed by atoms with Crippen LogP contribution in [-0.2, 0) is 30.8 Å². The second kappa shape index (κ2) is 7.64. The van der Waals surface area contributed by atoms with Crippen molar-refractivity contribution in [2.45, 2.75) is 45.4 Å². The maximum Gasteiger partial charge on any atom is 0.257 e. The fourth-order valence-electron chi connectivity index (χ4n) is 3.75. The van der Waals surface area contributed by atoms with E-state index in [0.29, 0.717) is 42.9 Å². The molecule has 0 amide bonds. The first-order valence-electron chi connectivity index (χ1n) is 9.48. The highest BCUT2D eigenvalue weighted by Crippen LogP contribution is 2.33. The number of benzene rings is 1. The van der Waals surface area contributed by atoms with Gasteiger partial charge in [-0.25, -0.2) is 9.37 Å². The number of aryl methyl sites for hydroxylation is 1. The van der Waals surface area contributed by atoms with E-state index < -0.39 is 17.7 Å².